The minimum atomic E-state index is -1.55. The van der Waals surface area contributed by atoms with Crippen LogP contribution in [0, 0.1) is 10.1 Å². The third-order valence-electron chi connectivity index (χ3n) is 2.41. The number of aliphatic carboxylic acids is 1. The molecule has 0 spiro atoms. The Labute approximate surface area is 122 Å². The lowest BCUT2D eigenvalue weighted by Crippen LogP contribution is -2.43. The molecule has 10 heteroatoms. The van der Waals surface area contributed by atoms with Crippen molar-refractivity contribution in [2.24, 2.45) is 5.73 Å². The van der Waals surface area contributed by atoms with E-state index in [-0.39, 0.29) is 16.3 Å². The zero-order valence-corrected chi connectivity index (χ0v) is 11.2. The minimum absolute atomic E-state index is 0.0960. The number of benzene rings is 1. The molecule has 0 fully saturated rings. The quantitative estimate of drug-likeness (QED) is 0.507. The molecule has 0 aliphatic carbocycles. The van der Waals surface area contributed by atoms with E-state index in [1.54, 1.807) is 0 Å². The fraction of sp³-hybridized carbons (Fsp3) is 0.182. The fourth-order valence-corrected chi connectivity index (χ4v) is 1.64. The first-order chi connectivity index (χ1) is 9.72. The summed E-state index contributed by atoms with van der Waals surface area (Å²) in [5.41, 5.74) is 4.21. The number of halogens is 1. The summed E-state index contributed by atoms with van der Waals surface area (Å²) in [6, 6.07) is 1.58. The normalized spacial score (nSPS) is 11.5. The molecule has 1 aromatic carbocycles. The molecule has 0 aliphatic heterocycles. The molecule has 1 atom stereocenters. The Bertz CT molecular complexity index is 618. The number of nitrogens with one attached hydrogen (secondary N) is 1. The van der Waals surface area contributed by atoms with Crippen LogP contribution >= 0.6 is 11.6 Å². The average Bonchev–Trinajstić information content (AvgIpc) is 2.37. The fourth-order valence-electron chi connectivity index (χ4n) is 1.44. The van der Waals surface area contributed by atoms with E-state index in [0.717, 1.165) is 18.2 Å². The summed E-state index contributed by atoms with van der Waals surface area (Å²) in [5, 5.41) is 21.4. The van der Waals surface area contributed by atoms with Crippen molar-refractivity contribution in [2.45, 2.75) is 12.5 Å². The van der Waals surface area contributed by atoms with E-state index >= 15 is 0 Å². The van der Waals surface area contributed by atoms with Crippen LogP contribution in [0.2, 0.25) is 5.02 Å². The number of carboxylic acid groups (broad SMARTS) is 1. The molecule has 0 aromatic heterocycles. The van der Waals surface area contributed by atoms with E-state index in [2.05, 4.69) is 0 Å². The summed E-state index contributed by atoms with van der Waals surface area (Å²) in [4.78, 5) is 43.4. The molecular weight excluding hydrogens is 306 g/mol. The molecule has 0 heterocycles. The standard InChI is InChI=1S/C11H10ClN3O6/c12-7-2-1-5(15(20)21)3-6(7)10(17)14-8(11(18)19)4-9(13)16/h1-3,8H,4H2,(H2,13,16)(H,14,17)(H,18,19)/t8-/m1/s1. The van der Waals surface area contributed by atoms with Gasteiger partial charge >= 0.3 is 5.97 Å². The largest absolute Gasteiger partial charge is 0.480 e. The van der Waals surface area contributed by atoms with E-state index in [9.17, 15) is 24.5 Å². The lowest BCUT2D eigenvalue weighted by Gasteiger charge is -2.13. The Morgan fingerprint density at radius 3 is 2.52 bits per heavy atom. The molecule has 0 saturated heterocycles. The van der Waals surface area contributed by atoms with E-state index < -0.39 is 35.2 Å². The highest BCUT2D eigenvalue weighted by molar-refractivity contribution is 6.34. The number of amides is 2. The number of nitro benzene ring substituents is 1. The highest BCUT2D eigenvalue weighted by Crippen LogP contribution is 2.22. The minimum Gasteiger partial charge on any atom is -0.480 e. The number of nitro groups is 1. The number of hydrogen-bond acceptors (Lipinski definition) is 5. The first kappa shape index (κ1) is 16.4. The number of nitrogens with zero attached hydrogens (tertiary/aromatic N) is 1. The summed E-state index contributed by atoms with van der Waals surface area (Å²) in [6.45, 7) is 0. The highest BCUT2D eigenvalue weighted by atomic mass is 35.5. The first-order valence-electron chi connectivity index (χ1n) is 5.48. The summed E-state index contributed by atoms with van der Waals surface area (Å²) in [5.74, 6) is -3.35. The average molecular weight is 316 g/mol. The van der Waals surface area contributed by atoms with Gasteiger partial charge in [-0.05, 0) is 6.07 Å². The molecule has 112 valence electrons. The molecule has 9 nitrogen and oxygen atoms in total. The van der Waals surface area contributed by atoms with Crippen LogP contribution in [0.5, 0.6) is 0 Å². The van der Waals surface area contributed by atoms with E-state index in [1.807, 2.05) is 5.32 Å². The van der Waals surface area contributed by atoms with Crippen LogP contribution in [0.4, 0.5) is 5.69 Å². The van der Waals surface area contributed by atoms with Crippen LogP contribution in [0.3, 0.4) is 0 Å². The molecule has 1 rings (SSSR count). The van der Waals surface area contributed by atoms with Crippen molar-refractivity contribution in [2.75, 3.05) is 0 Å². The maximum absolute atomic E-state index is 11.9. The van der Waals surface area contributed by atoms with Crippen molar-refractivity contribution >= 4 is 35.1 Å². The number of carboxylic acids is 1. The number of carbonyl (C=O) groups excluding carboxylic acids is 2. The number of non-ortho nitro benzene ring substituents is 1. The molecule has 2 amide bonds. The number of nitrogens with two attached hydrogens (primary N) is 1. The SMILES string of the molecule is NC(=O)C[C@@H](NC(=O)c1cc([N+](=O)[O-])ccc1Cl)C(=O)O. The van der Waals surface area contributed by atoms with Crippen LogP contribution in [0.15, 0.2) is 18.2 Å². The molecule has 0 radical (unpaired) electrons. The number of hydrogen-bond donors (Lipinski definition) is 3. The summed E-state index contributed by atoms with van der Waals surface area (Å²) in [6.07, 6.45) is -0.617. The van der Waals surface area contributed by atoms with Crippen LogP contribution in [0.25, 0.3) is 0 Å². The molecule has 0 bridgehead atoms. The molecule has 0 unspecified atom stereocenters. The second-order valence-electron chi connectivity index (χ2n) is 3.96. The van der Waals surface area contributed by atoms with Gasteiger partial charge in [-0.2, -0.15) is 0 Å². The molecular formula is C11H10ClN3O6. The Kier molecular flexibility index (Phi) is 5.19. The number of primary amides is 1. The topological polar surface area (TPSA) is 153 Å². The molecule has 0 saturated carbocycles. The third kappa shape index (κ3) is 4.42. The van der Waals surface area contributed by atoms with Gasteiger partial charge in [0.05, 0.1) is 21.9 Å². The third-order valence-corrected chi connectivity index (χ3v) is 2.74. The van der Waals surface area contributed by atoms with Crippen LogP contribution in [-0.4, -0.2) is 33.9 Å². The van der Waals surface area contributed by atoms with Crippen molar-refractivity contribution in [3.8, 4) is 0 Å². The van der Waals surface area contributed by atoms with Crippen LogP contribution in [0.1, 0.15) is 16.8 Å². The van der Waals surface area contributed by atoms with Gasteiger partial charge in [0, 0.05) is 12.1 Å². The predicted molar refractivity (Wildman–Crippen MR) is 70.8 cm³/mol. The highest BCUT2D eigenvalue weighted by Gasteiger charge is 2.24. The van der Waals surface area contributed by atoms with Crippen LogP contribution < -0.4 is 11.1 Å². The van der Waals surface area contributed by atoms with E-state index in [4.69, 9.17) is 22.4 Å². The van der Waals surface area contributed by atoms with Gasteiger partial charge in [-0.3, -0.25) is 19.7 Å². The maximum atomic E-state index is 11.9. The van der Waals surface area contributed by atoms with Crippen molar-refractivity contribution in [3.63, 3.8) is 0 Å². The van der Waals surface area contributed by atoms with Gasteiger partial charge in [0.25, 0.3) is 11.6 Å². The predicted octanol–water partition coefficient (Wildman–Crippen LogP) is 0.307. The van der Waals surface area contributed by atoms with Gasteiger partial charge in [0.15, 0.2) is 0 Å². The Morgan fingerprint density at radius 2 is 2.05 bits per heavy atom. The van der Waals surface area contributed by atoms with E-state index in [1.165, 1.54) is 0 Å². The Hall–Kier alpha value is -2.68. The number of carbonyl (C=O) groups is 3. The Morgan fingerprint density at radius 1 is 1.43 bits per heavy atom. The zero-order chi connectivity index (χ0) is 16.2. The van der Waals surface area contributed by atoms with Gasteiger partial charge in [0.1, 0.15) is 6.04 Å². The lowest BCUT2D eigenvalue weighted by atomic mass is 10.1. The zero-order valence-electron chi connectivity index (χ0n) is 10.4. The van der Waals surface area contributed by atoms with Gasteiger partial charge < -0.3 is 16.2 Å². The monoisotopic (exact) mass is 315 g/mol. The molecule has 1 aromatic rings. The van der Waals surface area contributed by atoms with Gasteiger partial charge in [0.2, 0.25) is 5.91 Å². The smallest absolute Gasteiger partial charge is 0.326 e. The van der Waals surface area contributed by atoms with Crippen molar-refractivity contribution in [1.29, 1.82) is 0 Å². The van der Waals surface area contributed by atoms with Crippen LogP contribution in [-0.2, 0) is 9.59 Å². The second-order valence-corrected chi connectivity index (χ2v) is 4.36. The summed E-state index contributed by atoms with van der Waals surface area (Å²) >= 11 is 5.74. The van der Waals surface area contributed by atoms with Gasteiger partial charge in [-0.1, -0.05) is 11.6 Å². The summed E-state index contributed by atoms with van der Waals surface area (Å²) < 4.78 is 0. The Balaban J connectivity index is 3.02. The van der Waals surface area contributed by atoms with Crippen molar-refractivity contribution in [3.05, 3.63) is 38.9 Å². The first-order valence-corrected chi connectivity index (χ1v) is 5.86. The molecule has 21 heavy (non-hydrogen) atoms. The molecule has 0 aliphatic rings. The maximum Gasteiger partial charge on any atom is 0.326 e. The van der Waals surface area contributed by atoms with E-state index in [0.29, 0.717) is 0 Å². The summed E-state index contributed by atoms with van der Waals surface area (Å²) in [7, 11) is 0. The van der Waals surface area contributed by atoms with Crippen molar-refractivity contribution in [1.82, 2.24) is 5.32 Å². The van der Waals surface area contributed by atoms with Crippen molar-refractivity contribution < 1.29 is 24.4 Å². The van der Waals surface area contributed by atoms with Gasteiger partial charge in [-0.25, -0.2) is 4.79 Å². The second kappa shape index (κ2) is 6.66. The number of rotatable bonds is 6. The van der Waals surface area contributed by atoms with Gasteiger partial charge in [-0.15, -0.1) is 0 Å². The lowest BCUT2D eigenvalue weighted by molar-refractivity contribution is -0.384. The molecule has 4 N–H and O–H groups in total.